The quantitative estimate of drug-likeness (QED) is 0.338. The molecule has 0 aromatic rings. The van der Waals surface area contributed by atoms with Gasteiger partial charge in [-0.05, 0) is 13.8 Å². The average Bonchev–Trinajstić information content (AvgIpc) is 2.21. The van der Waals surface area contributed by atoms with Crippen LogP contribution >= 0.6 is 0 Å². The van der Waals surface area contributed by atoms with Crippen LogP contribution in [0.25, 0.3) is 0 Å². The van der Waals surface area contributed by atoms with E-state index in [4.69, 9.17) is 0 Å². The summed E-state index contributed by atoms with van der Waals surface area (Å²) in [6.45, 7) is 7.37. The summed E-state index contributed by atoms with van der Waals surface area (Å²) in [5, 5.41) is 0. The number of nitrogens with zero attached hydrogens (tertiary/aromatic N) is 1. The van der Waals surface area contributed by atoms with Crippen molar-refractivity contribution >= 4 is 0 Å². The Balaban J connectivity index is 2.39. The first-order valence-electron chi connectivity index (χ1n) is 2.99. The normalized spacial score (nSPS) is 25.7. The van der Waals surface area contributed by atoms with Crippen molar-refractivity contribution < 1.29 is 4.48 Å². The summed E-state index contributed by atoms with van der Waals surface area (Å²) in [5.41, 5.74) is 0. The molecule has 1 aliphatic rings. The molecule has 1 nitrogen and oxygen atoms in total. The largest absolute Gasteiger partial charge is 0.315 e. The van der Waals surface area contributed by atoms with Gasteiger partial charge in [0.1, 0.15) is 13.1 Å². The molecule has 1 fully saturated rings. The van der Waals surface area contributed by atoms with Crippen molar-refractivity contribution in [3.63, 3.8) is 0 Å². The first-order chi connectivity index (χ1) is 3.15. The molecule has 1 aliphatic heterocycles. The van der Waals surface area contributed by atoms with Gasteiger partial charge in [0.2, 0.25) is 0 Å². The van der Waals surface area contributed by atoms with Crippen molar-refractivity contribution in [2.45, 2.75) is 19.9 Å². The van der Waals surface area contributed by atoms with Gasteiger partial charge < -0.3 is 4.48 Å². The predicted molar refractivity (Wildman–Crippen MR) is 31.1 cm³/mol. The van der Waals surface area contributed by atoms with Gasteiger partial charge in [-0.25, -0.2) is 0 Å². The van der Waals surface area contributed by atoms with Crippen LogP contribution in [-0.2, 0) is 0 Å². The summed E-state index contributed by atoms with van der Waals surface area (Å²) in [7, 11) is 2.31. The first kappa shape index (κ1) is 5.10. The molecule has 0 radical (unpaired) electrons. The maximum Gasteiger partial charge on any atom is 0.129 e. The number of quaternary nitrogens is 1. The van der Waals surface area contributed by atoms with Crippen LogP contribution in [0, 0.1) is 0 Å². The Morgan fingerprint density at radius 1 is 1.29 bits per heavy atom. The molecule has 0 aromatic carbocycles. The van der Waals surface area contributed by atoms with Crippen molar-refractivity contribution in [3.8, 4) is 0 Å². The molecule has 1 heterocycles. The molecule has 0 N–H and O–H groups in total. The standard InChI is InChI=1S/C6H14N/c1-6(2)7(3)4-5-7/h6H,4-5H2,1-3H3/q+1. The van der Waals surface area contributed by atoms with Crippen molar-refractivity contribution in [1.82, 2.24) is 0 Å². The molecule has 1 heteroatoms. The van der Waals surface area contributed by atoms with Gasteiger partial charge in [-0.3, -0.25) is 0 Å². The smallest absolute Gasteiger partial charge is 0.129 e. The molecule has 0 spiro atoms. The van der Waals surface area contributed by atoms with Gasteiger partial charge >= 0.3 is 0 Å². The molecule has 7 heavy (non-hydrogen) atoms. The van der Waals surface area contributed by atoms with Crippen molar-refractivity contribution in [2.75, 3.05) is 20.1 Å². The maximum atomic E-state index is 2.31. The second-order valence-corrected chi connectivity index (χ2v) is 3.02. The molecule has 1 rings (SSSR count). The molecular formula is C6H14N+. The van der Waals surface area contributed by atoms with E-state index in [1.54, 1.807) is 0 Å². The topological polar surface area (TPSA) is 0 Å². The van der Waals surface area contributed by atoms with Gasteiger partial charge in [-0.1, -0.05) is 0 Å². The minimum atomic E-state index is 0.847. The lowest BCUT2D eigenvalue weighted by Gasteiger charge is -2.15. The lowest BCUT2D eigenvalue weighted by molar-refractivity contribution is -0.801. The number of hydrogen-bond acceptors (Lipinski definition) is 0. The van der Waals surface area contributed by atoms with Gasteiger partial charge in [0.15, 0.2) is 0 Å². The Morgan fingerprint density at radius 3 is 1.71 bits per heavy atom. The summed E-state index contributed by atoms with van der Waals surface area (Å²) in [6.07, 6.45) is 0. The zero-order valence-electron chi connectivity index (χ0n) is 5.44. The fourth-order valence-electron chi connectivity index (χ4n) is 0.674. The fourth-order valence-corrected chi connectivity index (χ4v) is 0.674. The average molecular weight is 100 g/mol. The molecule has 0 aromatic heterocycles. The molecular weight excluding hydrogens is 86.1 g/mol. The fraction of sp³-hybridized carbons (Fsp3) is 1.00. The molecule has 0 saturated carbocycles. The van der Waals surface area contributed by atoms with E-state index < -0.39 is 0 Å². The van der Waals surface area contributed by atoms with Crippen LogP contribution in [0.2, 0.25) is 0 Å². The highest BCUT2D eigenvalue weighted by Crippen LogP contribution is 2.20. The van der Waals surface area contributed by atoms with Crippen LogP contribution < -0.4 is 0 Å². The van der Waals surface area contributed by atoms with Gasteiger partial charge in [-0.15, -0.1) is 0 Å². The van der Waals surface area contributed by atoms with E-state index in [-0.39, 0.29) is 0 Å². The van der Waals surface area contributed by atoms with Crippen LogP contribution in [-0.4, -0.2) is 30.7 Å². The highest BCUT2D eigenvalue weighted by Gasteiger charge is 2.39. The molecule has 0 unspecified atom stereocenters. The minimum Gasteiger partial charge on any atom is -0.315 e. The van der Waals surface area contributed by atoms with E-state index in [0.717, 1.165) is 6.04 Å². The van der Waals surface area contributed by atoms with Crippen LogP contribution in [0.15, 0.2) is 0 Å². The van der Waals surface area contributed by atoms with E-state index in [2.05, 4.69) is 20.9 Å². The highest BCUT2D eigenvalue weighted by atomic mass is 15.5. The molecule has 0 bridgehead atoms. The number of rotatable bonds is 1. The third-order valence-electron chi connectivity index (χ3n) is 2.18. The third-order valence-corrected chi connectivity index (χ3v) is 2.18. The summed E-state index contributed by atoms with van der Waals surface area (Å²) in [5.74, 6) is 0. The number of hydrogen-bond donors (Lipinski definition) is 0. The monoisotopic (exact) mass is 100 g/mol. The van der Waals surface area contributed by atoms with E-state index in [1.807, 2.05) is 0 Å². The molecule has 42 valence electrons. The first-order valence-corrected chi connectivity index (χ1v) is 2.99. The molecule has 0 aliphatic carbocycles. The Hall–Kier alpha value is -0.0400. The van der Waals surface area contributed by atoms with Crippen LogP contribution in [0.4, 0.5) is 0 Å². The predicted octanol–water partition coefficient (Wildman–Crippen LogP) is 0.855. The minimum absolute atomic E-state index is 0.847. The highest BCUT2D eigenvalue weighted by molar-refractivity contribution is 4.55. The molecule has 0 atom stereocenters. The van der Waals surface area contributed by atoms with E-state index in [9.17, 15) is 0 Å². The van der Waals surface area contributed by atoms with Crippen molar-refractivity contribution in [3.05, 3.63) is 0 Å². The summed E-state index contributed by atoms with van der Waals surface area (Å²) in [6, 6.07) is 0.847. The lowest BCUT2D eigenvalue weighted by Crippen LogP contribution is -2.28. The maximum absolute atomic E-state index is 2.31. The Bertz CT molecular complexity index is 72.2. The third kappa shape index (κ3) is 0.778. The lowest BCUT2D eigenvalue weighted by atomic mass is 10.4. The zero-order valence-corrected chi connectivity index (χ0v) is 5.44. The van der Waals surface area contributed by atoms with Gasteiger partial charge in [-0.2, -0.15) is 0 Å². The van der Waals surface area contributed by atoms with Gasteiger partial charge in [0, 0.05) is 0 Å². The van der Waals surface area contributed by atoms with Gasteiger partial charge in [0.05, 0.1) is 13.1 Å². The second kappa shape index (κ2) is 1.22. The van der Waals surface area contributed by atoms with Crippen LogP contribution in [0.1, 0.15) is 13.8 Å². The Kier molecular flexibility index (Phi) is 0.890. The zero-order chi connectivity index (χ0) is 5.49. The van der Waals surface area contributed by atoms with E-state index >= 15 is 0 Å². The summed E-state index contributed by atoms with van der Waals surface area (Å²) < 4.78 is 1.31. The second-order valence-electron chi connectivity index (χ2n) is 3.02. The van der Waals surface area contributed by atoms with E-state index in [1.165, 1.54) is 17.6 Å². The summed E-state index contributed by atoms with van der Waals surface area (Å²) >= 11 is 0. The Morgan fingerprint density at radius 2 is 1.71 bits per heavy atom. The summed E-state index contributed by atoms with van der Waals surface area (Å²) in [4.78, 5) is 0. The number of likely N-dealkylation sites (N-methyl/N-ethyl adjacent to an activating group) is 1. The van der Waals surface area contributed by atoms with Crippen molar-refractivity contribution in [1.29, 1.82) is 0 Å². The van der Waals surface area contributed by atoms with Gasteiger partial charge in [0.25, 0.3) is 0 Å². The Labute approximate surface area is 45.5 Å². The van der Waals surface area contributed by atoms with Crippen molar-refractivity contribution in [2.24, 2.45) is 0 Å². The molecule has 1 saturated heterocycles. The van der Waals surface area contributed by atoms with E-state index in [0.29, 0.717) is 0 Å². The molecule has 0 amide bonds. The SMILES string of the molecule is CC(C)[N+]1(C)CC1. The van der Waals surface area contributed by atoms with Crippen LogP contribution in [0.3, 0.4) is 0 Å². The van der Waals surface area contributed by atoms with Crippen LogP contribution in [0.5, 0.6) is 0 Å².